The molecule has 130 valence electrons. The van der Waals surface area contributed by atoms with Crippen molar-refractivity contribution in [2.75, 3.05) is 25.1 Å². The molecule has 0 aliphatic carbocycles. The molecule has 8 heteroatoms. The molecular formula is C17H19N5O2S. The summed E-state index contributed by atoms with van der Waals surface area (Å²) < 4.78 is 6.37. The Kier molecular flexibility index (Phi) is 3.72. The Bertz CT molecular complexity index is 936. The minimum absolute atomic E-state index is 0.0660. The zero-order valence-corrected chi connectivity index (χ0v) is 15.2. The Labute approximate surface area is 149 Å². The van der Waals surface area contributed by atoms with Gasteiger partial charge >= 0.3 is 5.97 Å². The molecule has 0 radical (unpaired) electrons. The molecule has 3 aromatic heterocycles. The van der Waals surface area contributed by atoms with Crippen molar-refractivity contribution in [1.82, 2.24) is 19.6 Å². The molecule has 0 aromatic carbocycles. The summed E-state index contributed by atoms with van der Waals surface area (Å²) >= 11 is 1.71. The van der Waals surface area contributed by atoms with E-state index in [1.54, 1.807) is 15.9 Å². The van der Waals surface area contributed by atoms with Gasteiger partial charge in [-0.05, 0) is 25.0 Å². The number of carbonyl (C=O) groups excluding carboxylic acids is 1. The number of hydrogen-bond donors (Lipinski definition) is 0. The van der Waals surface area contributed by atoms with Gasteiger partial charge in [-0.25, -0.2) is 19.3 Å². The molecule has 7 nitrogen and oxygen atoms in total. The van der Waals surface area contributed by atoms with Gasteiger partial charge < -0.3 is 9.64 Å². The van der Waals surface area contributed by atoms with Gasteiger partial charge in [0.2, 0.25) is 0 Å². The van der Waals surface area contributed by atoms with E-state index >= 15 is 0 Å². The summed E-state index contributed by atoms with van der Waals surface area (Å²) in [6.07, 6.45) is 4.85. The zero-order chi connectivity index (χ0) is 17.6. The number of rotatable bonds is 3. The monoisotopic (exact) mass is 357 g/mol. The van der Waals surface area contributed by atoms with Gasteiger partial charge in [0.25, 0.3) is 5.82 Å². The molecule has 1 aliphatic heterocycles. The van der Waals surface area contributed by atoms with Crippen LogP contribution in [0, 0.1) is 6.92 Å². The number of fused-ring (bicyclic) bond motifs is 1. The third-order valence-electron chi connectivity index (χ3n) is 4.76. The SMILES string of the molecule is COC(=O)c1nc2c(C)cc(N3CCC(C)(c4nccs4)C3)cn2n1. The minimum Gasteiger partial charge on any atom is -0.463 e. The van der Waals surface area contributed by atoms with Gasteiger partial charge in [-0.2, -0.15) is 0 Å². The van der Waals surface area contributed by atoms with Crippen molar-refractivity contribution in [3.8, 4) is 0 Å². The van der Waals surface area contributed by atoms with Gasteiger partial charge in [-0.1, -0.05) is 6.92 Å². The fourth-order valence-electron chi connectivity index (χ4n) is 3.36. The van der Waals surface area contributed by atoms with E-state index in [-0.39, 0.29) is 11.2 Å². The first kappa shape index (κ1) is 16.0. The fraction of sp³-hybridized carbons (Fsp3) is 0.412. The molecule has 1 saturated heterocycles. The van der Waals surface area contributed by atoms with Crippen LogP contribution in [0.5, 0.6) is 0 Å². The van der Waals surface area contributed by atoms with Crippen LogP contribution in [-0.2, 0) is 10.2 Å². The van der Waals surface area contributed by atoms with Gasteiger partial charge in [0.05, 0.1) is 19.0 Å². The molecule has 0 N–H and O–H groups in total. The highest BCUT2D eigenvalue weighted by Crippen LogP contribution is 2.37. The fourth-order valence-corrected chi connectivity index (χ4v) is 4.18. The average molecular weight is 357 g/mol. The number of esters is 1. The summed E-state index contributed by atoms with van der Waals surface area (Å²) in [5.74, 6) is -0.445. The zero-order valence-electron chi connectivity index (χ0n) is 14.4. The number of ether oxygens (including phenoxy) is 1. The molecule has 4 rings (SSSR count). The van der Waals surface area contributed by atoms with Crippen molar-refractivity contribution >= 4 is 28.6 Å². The third kappa shape index (κ3) is 2.66. The number of carbonyl (C=O) groups is 1. The van der Waals surface area contributed by atoms with Crippen LogP contribution in [-0.4, -0.2) is 45.8 Å². The van der Waals surface area contributed by atoms with Crippen molar-refractivity contribution < 1.29 is 9.53 Å². The lowest BCUT2D eigenvalue weighted by Gasteiger charge is -2.23. The highest BCUT2D eigenvalue weighted by molar-refractivity contribution is 7.09. The first-order chi connectivity index (χ1) is 12.0. The molecule has 1 atom stereocenters. The number of aryl methyl sites for hydroxylation is 1. The van der Waals surface area contributed by atoms with Crippen molar-refractivity contribution in [2.24, 2.45) is 0 Å². The topological polar surface area (TPSA) is 72.6 Å². The van der Waals surface area contributed by atoms with Crippen molar-refractivity contribution in [3.63, 3.8) is 0 Å². The number of methoxy groups -OCH3 is 1. The number of pyridine rings is 1. The van der Waals surface area contributed by atoms with Crippen molar-refractivity contribution in [1.29, 1.82) is 0 Å². The lowest BCUT2D eigenvalue weighted by atomic mass is 9.91. The second-order valence-corrected chi connectivity index (χ2v) is 7.54. The normalized spacial score (nSPS) is 20.4. The predicted molar refractivity (Wildman–Crippen MR) is 95.4 cm³/mol. The van der Waals surface area contributed by atoms with Crippen LogP contribution in [0.25, 0.3) is 5.65 Å². The first-order valence-electron chi connectivity index (χ1n) is 8.10. The highest BCUT2D eigenvalue weighted by atomic mass is 32.1. The van der Waals surface area contributed by atoms with Gasteiger partial charge in [0.15, 0.2) is 5.65 Å². The first-order valence-corrected chi connectivity index (χ1v) is 8.98. The maximum atomic E-state index is 11.7. The van der Waals surface area contributed by atoms with E-state index in [1.165, 1.54) is 12.1 Å². The van der Waals surface area contributed by atoms with Gasteiger partial charge in [-0.15, -0.1) is 16.4 Å². The van der Waals surface area contributed by atoms with Crippen LogP contribution in [0.15, 0.2) is 23.8 Å². The van der Waals surface area contributed by atoms with Crippen LogP contribution in [0.3, 0.4) is 0 Å². The van der Waals surface area contributed by atoms with E-state index in [1.807, 2.05) is 24.7 Å². The molecule has 0 bridgehead atoms. The second-order valence-electron chi connectivity index (χ2n) is 6.65. The van der Waals surface area contributed by atoms with Gasteiger partial charge in [-0.3, -0.25) is 0 Å². The average Bonchev–Trinajstić information content (AvgIpc) is 3.33. The summed E-state index contributed by atoms with van der Waals surface area (Å²) in [4.78, 5) is 22.8. The molecule has 25 heavy (non-hydrogen) atoms. The summed E-state index contributed by atoms with van der Waals surface area (Å²) in [5.41, 5.74) is 2.79. The van der Waals surface area contributed by atoms with Crippen LogP contribution in [0.4, 0.5) is 5.69 Å². The molecule has 1 aliphatic rings. The molecule has 1 fully saturated rings. The molecular weight excluding hydrogens is 338 g/mol. The van der Waals surface area contributed by atoms with Gasteiger partial charge in [0.1, 0.15) is 5.01 Å². The van der Waals surface area contributed by atoms with Crippen LogP contribution >= 0.6 is 11.3 Å². The van der Waals surface area contributed by atoms with E-state index in [0.717, 1.165) is 30.8 Å². The molecule has 1 unspecified atom stereocenters. The van der Waals surface area contributed by atoms with Crippen molar-refractivity contribution in [3.05, 3.63) is 40.2 Å². The highest BCUT2D eigenvalue weighted by Gasteiger charge is 2.37. The summed E-state index contributed by atoms with van der Waals surface area (Å²) in [6, 6.07) is 2.10. The van der Waals surface area contributed by atoms with Crippen molar-refractivity contribution in [2.45, 2.75) is 25.7 Å². The largest absolute Gasteiger partial charge is 0.463 e. The Morgan fingerprint density at radius 1 is 1.44 bits per heavy atom. The number of hydrogen-bond acceptors (Lipinski definition) is 7. The van der Waals surface area contributed by atoms with Crippen LogP contribution < -0.4 is 4.90 Å². The minimum atomic E-state index is -0.526. The van der Waals surface area contributed by atoms with Crippen LogP contribution in [0.2, 0.25) is 0 Å². The quantitative estimate of drug-likeness (QED) is 0.671. The van der Waals surface area contributed by atoms with E-state index < -0.39 is 5.97 Å². The van der Waals surface area contributed by atoms with E-state index in [4.69, 9.17) is 4.74 Å². The summed E-state index contributed by atoms with van der Waals surface area (Å²) in [6.45, 7) is 6.11. The Morgan fingerprint density at radius 3 is 3.00 bits per heavy atom. The lowest BCUT2D eigenvalue weighted by molar-refractivity contribution is 0.0587. The number of anilines is 1. The van der Waals surface area contributed by atoms with Gasteiger partial charge in [0, 0.05) is 30.1 Å². The van der Waals surface area contributed by atoms with E-state index in [9.17, 15) is 4.79 Å². The standard InChI is InChI=1S/C17H19N5O2S/c1-11-8-12(9-22-14(11)19-13(20-22)15(23)24-3)21-6-4-17(2,10-21)16-18-5-7-25-16/h5,7-9H,4,6,10H2,1-3H3. The molecule has 0 amide bonds. The Morgan fingerprint density at radius 2 is 2.28 bits per heavy atom. The second kappa shape index (κ2) is 5.80. The maximum absolute atomic E-state index is 11.7. The lowest BCUT2D eigenvalue weighted by Crippen LogP contribution is -2.28. The van der Waals surface area contributed by atoms with E-state index in [0.29, 0.717) is 5.65 Å². The Hall–Kier alpha value is -2.48. The number of thiazole rings is 1. The molecule has 0 spiro atoms. The smallest absolute Gasteiger partial charge is 0.377 e. The summed E-state index contributed by atoms with van der Waals surface area (Å²) in [5, 5.41) is 7.47. The number of aromatic nitrogens is 4. The number of nitrogens with zero attached hydrogens (tertiary/aromatic N) is 5. The predicted octanol–water partition coefficient (Wildman–Crippen LogP) is 2.45. The molecule has 0 saturated carbocycles. The summed E-state index contributed by atoms with van der Waals surface area (Å²) in [7, 11) is 1.33. The maximum Gasteiger partial charge on any atom is 0.377 e. The van der Waals surface area contributed by atoms with E-state index in [2.05, 4.69) is 33.0 Å². The molecule has 3 aromatic rings. The Balaban J connectivity index is 1.67. The van der Waals surface area contributed by atoms with Crippen LogP contribution in [0.1, 0.15) is 34.5 Å². The molecule has 4 heterocycles. The third-order valence-corrected chi connectivity index (χ3v) is 5.84.